The van der Waals surface area contributed by atoms with Crippen LogP contribution in [-0.4, -0.2) is 120 Å². The summed E-state index contributed by atoms with van der Waals surface area (Å²) >= 11 is 0. The van der Waals surface area contributed by atoms with Gasteiger partial charge in [-0.1, -0.05) is 0 Å². The van der Waals surface area contributed by atoms with Crippen LogP contribution in [0.25, 0.3) is 0 Å². The minimum atomic E-state index is -1.38. The highest BCUT2D eigenvalue weighted by Gasteiger charge is 2.48. The number of nitrogens with two attached hydrogens (primary N) is 5. The second kappa shape index (κ2) is 12.2. The Labute approximate surface area is 180 Å². The Kier molecular flexibility index (Phi) is 10.2. The van der Waals surface area contributed by atoms with E-state index in [1.54, 1.807) is 0 Å². The minimum Gasteiger partial charge on any atom is -0.394 e. The summed E-state index contributed by atoms with van der Waals surface area (Å²) in [6, 6.07) is -2.32. The van der Waals surface area contributed by atoms with Crippen LogP contribution >= 0.6 is 0 Å². The number of hydrogen-bond donors (Lipinski definition) is 10. The molecule has 1 heterocycles. The molecule has 14 heteroatoms. The fourth-order valence-corrected chi connectivity index (χ4v) is 3.68. The van der Waals surface area contributed by atoms with Crippen molar-refractivity contribution >= 4 is 5.96 Å². The van der Waals surface area contributed by atoms with Crippen LogP contribution in [0.2, 0.25) is 0 Å². The number of nitrogens with one attached hydrogen (secondary N) is 1. The smallest absolute Gasteiger partial charge is 0.185 e. The number of hydrogen-bond acceptors (Lipinski definition) is 12. The van der Waals surface area contributed by atoms with Gasteiger partial charge in [0, 0.05) is 25.2 Å². The van der Waals surface area contributed by atoms with Crippen LogP contribution in [0.1, 0.15) is 6.42 Å². The molecular formula is C17H37N7O7. The van der Waals surface area contributed by atoms with Crippen LogP contribution in [0.5, 0.6) is 0 Å². The van der Waals surface area contributed by atoms with Gasteiger partial charge < -0.3 is 68.6 Å². The summed E-state index contributed by atoms with van der Waals surface area (Å²) in [5.74, 6) is 0.00978. The second-order valence-electron chi connectivity index (χ2n) is 7.83. The van der Waals surface area contributed by atoms with Crippen molar-refractivity contribution in [1.82, 2.24) is 5.32 Å². The number of aliphatic imine (C=N–C) groups is 1. The van der Waals surface area contributed by atoms with E-state index in [2.05, 4.69) is 10.3 Å². The first-order valence-corrected chi connectivity index (χ1v) is 10.3. The Morgan fingerprint density at radius 3 is 2.35 bits per heavy atom. The number of guanidine groups is 1. The van der Waals surface area contributed by atoms with E-state index in [1.165, 1.54) is 0 Å². The van der Waals surface area contributed by atoms with E-state index in [4.69, 9.17) is 42.9 Å². The molecule has 0 radical (unpaired) electrons. The Bertz CT molecular complexity index is 569. The molecule has 0 amide bonds. The largest absolute Gasteiger partial charge is 0.394 e. The normalized spacial score (nSPS) is 41.1. The van der Waals surface area contributed by atoms with Crippen molar-refractivity contribution in [1.29, 1.82) is 0 Å². The molecule has 0 aromatic rings. The van der Waals surface area contributed by atoms with Gasteiger partial charge in [0.15, 0.2) is 12.2 Å². The first-order chi connectivity index (χ1) is 14.7. The van der Waals surface area contributed by atoms with Crippen molar-refractivity contribution in [2.24, 2.45) is 33.7 Å². The zero-order chi connectivity index (χ0) is 23.1. The predicted octanol–water partition coefficient (Wildman–Crippen LogP) is -6.19. The molecule has 0 unspecified atom stereocenters. The number of aliphatic hydroxyl groups excluding tert-OH is 4. The van der Waals surface area contributed by atoms with Crippen LogP contribution in [0.15, 0.2) is 4.99 Å². The third-order valence-corrected chi connectivity index (χ3v) is 5.46. The maximum Gasteiger partial charge on any atom is 0.185 e. The van der Waals surface area contributed by atoms with Gasteiger partial charge in [-0.2, -0.15) is 0 Å². The maximum atomic E-state index is 10.6. The van der Waals surface area contributed by atoms with Gasteiger partial charge in [0.05, 0.1) is 31.9 Å². The van der Waals surface area contributed by atoms with E-state index in [1.807, 2.05) is 0 Å². The van der Waals surface area contributed by atoms with Crippen molar-refractivity contribution in [3.8, 4) is 0 Å². The Balaban J connectivity index is 1.97. The lowest BCUT2D eigenvalue weighted by Crippen LogP contribution is -2.67. The molecule has 1 saturated carbocycles. The van der Waals surface area contributed by atoms with Gasteiger partial charge in [0.1, 0.15) is 30.5 Å². The molecule has 2 aliphatic rings. The molecule has 15 N–H and O–H groups in total. The molecular weight excluding hydrogens is 414 g/mol. The highest BCUT2D eigenvalue weighted by molar-refractivity contribution is 5.75. The van der Waals surface area contributed by atoms with Crippen molar-refractivity contribution in [3.63, 3.8) is 0 Å². The third kappa shape index (κ3) is 6.90. The third-order valence-electron chi connectivity index (χ3n) is 5.46. The maximum absolute atomic E-state index is 10.6. The van der Waals surface area contributed by atoms with E-state index in [0.717, 1.165) is 0 Å². The molecule has 31 heavy (non-hydrogen) atoms. The SMILES string of the molecule is NC(N)=NCCNCCO[C@@H]1[C@@H](O)[C@H](N)C[C@H](N)[C@H]1O[C@H]1O[C@H](CO)[C@@H](O)[C@H](O)[C@H]1N. The van der Waals surface area contributed by atoms with Gasteiger partial charge in [-0.25, -0.2) is 0 Å². The Morgan fingerprint density at radius 1 is 1.00 bits per heavy atom. The molecule has 0 aromatic carbocycles. The molecule has 182 valence electrons. The molecule has 1 aliphatic heterocycles. The van der Waals surface area contributed by atoms with E-state index in [0.29, 0.717) is 19.6 Å². The average Bonchev–Trinajstić information content (AvgIpc) is 2.72. The number of nitrogens with zero attached hydrogens (tertiary/aromatic N) is 1. The summed E-state index contributed by atoms with van der Waals surface area (Å²) in [4.78, 5) is 3.85. The van der Waals surface area contributed by atoms with Gasteiger partial charge in [-0.05, 0) is 6.42 Å². The molecule has 10 atom stereocenters. The molecule has 14 nitrogen and oxygen atoms in total. The van der Waals surface area contributed by atoms with Crippen molar-refractivity contribution in [2.75, 3.05) is 32.8 Å². The van der Waals surface area contributed by atoms with Crippen LogP contribution in [0, 0.1) is 0 Å². The first-order valence-electron chi connectivity index (χ1n) is 10.3. The van der Waals surface area contributed by atoms with E-state index in [-0.39, 0.29) is 19.0 Å². The summed E-state index contributed by atoms with van der Waals surface area (Å²) in [6.07, 6.45) is -7.54. The lowest BCUT2D eigenvalue weighted by Gasteiger charge is -2.46. The Morgan fingerprint density at radius 2 is 1.71 bits per heavy atom. The van der Waals surface area contributed by atoms with Crippen LogP contribution in [0.3, 0.4) is 0 Å². The first kappa shape index (κ1) is 26.1. The van der Waals surface area contributed by atoms with Gasteiger partial charge in [0.25, 0.3) is 0 Å². The lowest BCUT2D eigenvalue weighted by molar-refractivity contribution is -0.296. The zero-order valence-corrected chi connectivity index (χ0v) is 17.4. The fourth-order valence-electron chi connectivity index (χ4n) is 3.68. The quantitative estimate of drug-likeness (QED) is 0.0842. The molecule has 2 rings (SSSR count). The standard InChI is InChI=1S/C17H37N7O7/c18-7-5-8(19)14(31-16-10(20)13(28)12(27)9(6-25)30-16)15(11(7)26)29-4-3-23-1-2-24-17(21)22/h7-16,23,25-28H,1-6,18-20H2,(H4,21,22,24)/t7-,8+,9-,10-,11+,12-,13-,14-,15-,16-/m1/s1. The number of rotatable bonds is 10. The van der Waals surface area contributed by atoms with Crippen molar-refractivity contribution in [2.45, 2.75) is 67.5 Å². The summed E-state index contributed by atoms with van der Waals surface area (Å²) in [5.41, 5.74) is 28.6. The number of aliphatic hydroxyl groups is 4. The second-order valence-corrected chi connectivity index (χ2v) is 7.83. The highest BCUT2D eigenvalue weighted by atomic mass is 16.7. The molecule has 0 aromatic heterocycles. The Hall–Kier alpha value is -1.17. The minimum absolute atomic E-state index is 0.00978. The molecule has 0 bridgehead atoms. The van der Waals surface area contributed by atoms with Gasteiger partial charge >= 0.3 is 0 Å². The average molecular weight is 452 g/mol. The lowest BCUT2D eigenvalue weighted by atomic mass is 9.84. The van der Waals surface area contributed by atoms with Gasteiger partial charge in [0.2, 0.25) is 0 Å². The summed E-state index contributed by atoms with van der Waals surface area (Å²) < 4.78 is 17.2. The van der Waals surface area contributed by atoms with Crippen molar-refractivity contribution < 1.29 is 34.6 Å². The van der Waals surface area contributed by atoms with Crippen LogP contribution in [-0.2, 0) is 14.2 Å². The van der Waals surface area contributed by atoms with Gasteiger partial charge in [-0.3, -0.25) is 4.99 Å². The number of ether oxygens (including phenoxy) is 3. The van der Waals surface area contributed by atoms with Crippen LogP contribution < -0.4 is 34.0 Å². The van der Waals surface area contributed by atoms with E-state index < -0.39 is 67.6 Å². The van der Waals surface area contributed by atoms with Gasteiger partial charge in [-0.15, -0.1) is 0 Å². The van der Waals surface area contributed by atoms with E-state index in [9.17, 15) is 20.4 Å². The molecule has 2 fully saturated rings. The summed E-state index contributed by atoms with van der Waals surface area (Å²) in [5, 5.41) is 43.1. The van der Waals surface area contributed by atoms with Crippen LogP contribution in [0.4, 0.5) is 0 Å². The monoisotopic (exact) mass is 451 g/mol. The fraction of sp³-hybridized carbons (Fsp3) is 0.941. The van der Waals surface area contributed by atoms with Crippen molar-refractivity contribution in [3.05, 3.63) is 0 Å². The molecule has 1 aliphatic carbocycles. The highest BCUT2D eigenvalue weighted by Crippen LogP contribution is 2.28. The van der Waals surface area contributed by atoms with E-state index >= 15 is 0 Å². The zero-order valence-electron chi connectivity index (χ0n) is 17.4. The topological polar surface area (TPSA) is 263 Å². The predicted molar refractivity (Wildman–Crippen MR) is 110 cm³/mol. The molecule has 0 spiro atoms. The summed E-state index contributed by atoms with van der Waals surface area (Å²) in [6.45, 7) is 1.05. The molecule has 1 saturated heterocycles. The summed E-state index contributed by atoms with van der Waals surface area (Å²) in [7, 11) is 0.